The predicted molar refractivity (Wildman–Crippen MR) is 87.2 cm³/mol. The largest absolute Gasteiger partial charge is 0.393 e. The third-order valence-electron chi connectivity index (χ3n) is 4.93. The molecular weight excluding hydrogens is 300 g/mol. The highest BCUT2D eigenvalue weighted by atomic mass is 35.5. The molecule has 0 saturated heterocycles. The Morgan fingerprint density at radius 3 is 2.41 bits per heavy atom. The van der Waals surface area contributed by atoms with Crippen molar-refractivity contribution in [1.82, 2.24) is 10.6 Å². The maximum atomic E-state index is 12.0. The van der Waals surface area contributed by atoms with E-state index in [0.717, 1.165) is 43.5 Å². The van der Waals surface area contributed by atoms with Crippen LogP contribution in [0.25, 0.3) is 0 Å². The van der Waals surface area contributed by atoms with E-state index in [2.05, 4.69) is 22.8 Å². The van der Waals surface area contributed by atoms with Crippen LogP contribution < -0.4 is 10.6 Å². The number of benzene rings is 1. The summed E-state index contributed by atoms with van der Waals surface area (Å²) in [5.74, 6) is 0. The van der Waals surface area contributed by atoms with E-state index in [0.29, 0.717) is 6.54 Å². The first kappa shape index (κ1) is 15.6. The lowest BCUT2D eigenvalue weighted by atomic mass is 9.93. The molecule has 0 heterocycles. The van der Waals surface area contributed by atoms with Crippen LogP contribution in [0, 0.1) is 0 Å². The lowest BCUT2D eigenvalue weighted by molar-refractivity contribution is 0.117. The molecule has 0 atom stereocenters. The summed E-state index contributed by atoms with van der Waals surface area (Å²) < 4.78 is 0. The first-order valence-corrected chi connectivity index (χ1v) is 8.44. The Kier molecular flexibility index (Phi) is 4.59. The lowest BCUT2D eigenvalue weighted by Crippen LogP contribution is -2.46. The number of carbonyl (C=O) groups is 1. The van der Waals surface area contributed by atoms with Crippen LogP contribution in [0.5, 0.6) is 0 Å². The van der Waals surface area contributed by atoms with Gasteiger partial charge in [0.25, 0.3) is 0 Å². The van der Waals surface area contributed by atoms with Crippen molar-refractivity contribution in [2.75, 3.05) is 6.54 Å². The number of halogens is 1. The fourth-order valence-electron chi connectivity index (χ4n) is 3.23. The van der Waals surface area contributed by atoms with Crippen LogP contribution in [0.2, 0.25) is 5.02 Å². The van der Waals surface area contributed by atoms with E-state index in [1.165, 1.54) is 5.56 Å². The Bertz CT molecular complexity index is 520. The molecule has 3 rings (SSSR count). The van der Waals surface area contributed by atoms with Gasteiger partial charge in [0.2, 0.25) is 0 Å². The van der Waals surface area contributed by atoms with Crippen molar-refractivity contribution in [3.63, 3.8) is 0 Å². The van der Waals surface area contributed by atoms with Crippen LogP contribution in [0.3, 0.4) is 0 Å². The number of carbonyl (C=O) groups excluding carboxylic acids is 1. The molecule has 0 spiro atoms. The fourth-order valence-corrected chi connectivity index (χ4v) is 3.35. The summed E-state index contributed by atoms with van der Waals surface area (Å²) in [5.41, 5.74) is 1.34. The SMILES string of the molecule is O=C(NCC1(c2ccc(Cl)cc2)CC1)NC1CCC(O)CC1. The minimum Gasteiger partial charge on any atom is -0.393 e. The number of nitrogens with one attached hydrogen (secondary N) is 2. The molecule has 22 heavy (non-hydrogen) atoms. The topological polar surface area (TPSA) is 61.4 Å². The summed E-state index contributed by atoms with van der Waals surface area (Å²) in [6, 6.07) is 8.01. The van der Waals surface area contributed by atoms with Crippen LogP contribution in [0.1, 0.15) is 44.1 Å². The smallest absolute Gasteiger partial charge is 0.315 e. The van der Waals surface area contributed by atoms with Crippen LogP contribution in [0.4, 0.5) is 4.79 Å². The minimum atomic E-state index is -0.194. The number of hydrogen-bond acceptors (Lipinski definition) is 2. The Morgan fingerprint density at radius 1 is 1.18 bits per heavy atom. The second-order valence-corrected chi connectivity index (χ2v) is 7.06. The van der Waals surface area contributed by atoms with Gasteiger partial charge in [0.15, 0.2) is 0 Å². The summed E-state index contributed by atoms with van der Waals surface area (Å²) in [5, 5.41) is 16.3. The molecule has 5 heteroatoms. The Hall–Kier alpha value is -1.26. The van der Waals surface area contributed by atoms with E-state index in [9.17, 15) is 9.90 Å². The highest BCUT2D eigenvalue weighted by molar-refractivity contribution is 6.30. The number of aliphatic hydroxyl groups is 1. The Labute approximate surface area is 136 Å². The van der Waals surface area contributed by atoms with Gasteiger partial charge in [-0.05, 0) is 56.2 Å². The van der Waals surface area contributed by atoms with Crippen molar-refractivity contribution in [3.05, 3.63) is 34.9 Å². The van der Waals surface area contributed by atoms with E-state index in [-0.39, 0.29) is 23.6 Å². The molecule has 1 aromatic carbocycles. The number of urea groups is 1. The summed E-state index contributed by atoms with van der Waals surface area (Å²) in [6.45, 7) is 0.663. The molecule has 2 amide bonds. The third-order valence-corrected chi connectivity index (χ3v) is 5.18. The molecule has 0 aromatic heterocycles. The minimum absolute atomic E-state index is 0.0880. The number of rotatable bonds is 4. The molecule has 2 fully saturated rings. The predicted octanol–water partition coefficient (Wildman–Crippen LogP) is 2.97. The van der Waals surface area contributed by atoms with Gasteiger partial charge in [0.1, 0.15) is 0 Å². The van der Waals surface area contributed by atoms with Crippen molar-refractivity contribution in [2.45, 2.75) is 56.1 Å². The van der Waals surface area contributed by atoms with Gasteiger partial charge in [-0.25, -0.2) is 4.79 Å². The van der Waals surface area contributed by atoms with Crippen molar-refractivity contribution >= 4 is 17.6 Å². The van der Waals surface area contributed by atoms with Crippen LogP contribution in [-0.4, -0.2) is 29.8 Å². The zero-order valence-corrected chi connectivity index (χ0v) is 13.4. The maximum absolute atomic E-state index is 12.0. The molecule has 3 N–H and O–H groups in total. The van der Waals surface area contributed by atoms with E-state index < -0.39 is 0 Å². The van der Waals surface area contributed by atoms with Gasteiger partial charge in [0, 0.05) is 23.0 Å². The molecule has 0 radical (unpaired) electrons. The first-order chi connectivity index (χ1) is 10.6. The molecule has 4 nitrogen and oxygen atoms in total. The van der Waals surface area contributed by atoms with Gasteiger partial charge < -0.3 is 15.7 Å². The second kappa shape index (κ2) is 6.47. The highest BCUT2D eigenvalue weighted by Gasteiger charge is 2.44. The average molecular weight is 323 g/mol. The maximum Gasteiger partial charge on any atom is 0.315 e. The Morgan fingerprint density at radius 2 is 1.82 bits per heavy atom. The van der Waals surface area contributed by atoms with Crippen molar-refractivity contribution < 1.29 is 9.90 Å². The number of aliphatic hydroxyl groups excluding tert-OH is 1. The second-order valence-electron chi connectivity index (χ2n) is 6.62. The molecule has 2 saturated carbocycles. The first-order valence-electron chi connectivity index (χ1n) is 8.06. The number of amides is 2. The molecular formula is C17H23ClN2O2. The standard InChI is InChI=1S/C17H23ClN2O2/c18-13-3-1-12(2-4-13)17(9-10-17)11-19-16(22)20-14-5-7-15(21)8-6-14/h1-4,14-15,21H,5-11H2,(H2,19,20,22). The van der Waals surface area contributed by atoms with Crippen molar-refractivity contribution in [2.24, 2.45) is 0 Å². The molecule has 0 bridgehead atoms. The quantitative estimate of drug-likeness (QED) is 0.798. The average Bonchev–Trinajstić information content (AvgIpc) is 3.30. The summed E-state index contributed by atoms with van der Waals surface area (Å²) in [4.78, 5) is 12.0. The van der Waals surface area contributed by atoms with Gasteiger partial charge in [-0.1, -0.05) is 23.7 Å². The third kappa shape index (κ3) is 3.73. The van der Waals surface area contributed by atoms with Gasteiger partial charge in [-0.3, -0.25) is 0 Å². The summed E-state index contributed by atoms with van der Waals surface area (Å²) in [7, 11) is 0. The van der Waals surface area contributed by atoms with E-state index in [4.69, 9.17) is 11.6 Å². The molecule has 120 valence electrons. The van der Waals surface area contributed by atoms with Crippen LogP contribution in [-0.2, 0) is 5.41 Å². The molecule has 2 aliphatic carbocycles. The van der Waals surface area contributed by atoms with Gasteiger partial charge in [-0.15, -0.1) is 0 Å². The van der Waals surface area contributed by atoms with Crippen molar-refractivity contribution in [1.29, 1.82) is 0 Å². The highest BCUT2D eigenvalue weighted by Crippen LogP contribution is 2.47. The fraction of sp³-hybridized carbons (Fsp3) is 0.588. The van der Waals surface area contributed by atoms with Gasteiger partial charge >= 0.3 is 6.03 Å². The van der Waals surface area contributed by atoms with Crippen LogP contribution >= 0.6 is 11.6 Å². The van der Waals surface area contributed by atoms with E-state index >= 15 is 0 Å². The van der Waals surface area contributed by atoms with Crippen molar-refractivity contribution in [3.8, 4) is 0 Å². The lowest BCUT2D eigenvalue weighted by Gasteiger charge is -2.26. The zero-order valence-electron chi connectivity index (χ0n) is 12.6. The molecule has 0 aliphatic heterocycles. The zero-order chi connectivity index (χ0) is 15.6. The number of hydrogen-bond donors (Lipinski definition) is 3. The van der Waals surface area contributed by atoms with Gasteiger partial charge in [-0.2, -0.15) is 0 Å². The van der Waals surface area contributed by atoms with E-state index in [1.807, 2.05) is 12.1 Å². The normalized spacial score (nSPS) is 26.3. The van der Waals surface area contributed by atoms with Gasteiger partial charge in [0.05, 0.1) is 6.10 Å². The van der Waals surface area contributed by atoms with E-state index in [1.54, 1.807) is 0 Å². The Balaban J connectivity index is 1.47. The van der Waals surface area contributed by atoms with Crippen LogP contribution in [0.15, 0.2) is 24.3 Å². The summed E-state index contributed by atoms with van der Waals surface area (Å²) in [6.07, 6.45) is 5.28. The summed E-state index contributed by atoms with van der Waals surface area (Å²) >= 11 is 5.93. The molecule has 0 unspecified atom stereocenters. The molecule has 2 aliphatic rings. The molecule has 1 aromatic rings. The monoisotopic (exact) mass is 322 g/mol.